The van der Waals surface area contributed by atoms with E-state index in [0.29, 0.717) is 6.04 Å². The number of benzene rings is 1. The predicted octanol–water partition coefficient (Wildman–Crippen LogP) is 2.04. The van der Waals surface area contributed by atoms with Gasteiger partial charge in [-0.3, -0.25) is 9.80 Å². The number of piperazine rings is 1. The predicted molar refractivity (Wildman–Crippen MR) is 84.0 cm³/mol. The van der Waals surface area contributed by atoms with E-state index >= 15 is 0 Å². The largest absolute Gasteiger partial charge is 0.312 e. The zero-order chi connectivity index (χ0) is 13.9. The lowest BCUT2D eigenvalue weighted by molar-refractivity contribution is 0.118. The highest BCUT2D eigenvalue weighted by atomic mass is 15.3. The van der Waals surface area contributed by atoms with Gasteiger partial charge in [-0.05, 0) is 37.9 Å². The Bertz CT molecular complexity index is 434. The lowest BCUT2D eigenvalue weighted by Crippen LogP contribution is -2.49. The molecule has 1 aromatic carbocycles. The number of rotatable bonds is 5. The fourth-order valence-electron chi connectivity index (χ4n) is 3.33. The molecule has 3 nitrogen and oxygen atoms in total. The number of likely N-dealkylation sites (N-methyl/N-ethyl adjacent to an activating group) is 1. The Morgan fingerprint density at radius 2 is 1.85 bits per heavy atom. The summed E-state index contributed by atoms with van der Waals surface area (Å²) in [5.41, 5.74) is 2.84. The van der Waals surface area contributed by atoms with Gasteiger partial charge < -0.3 is 5.32 Å². The van der Waals surface area contributed by atoms with Gasteiger partial charge >= 0.3 is 0 Å². The van der Waals surface area contributed by atoms with Crippen molar-refractivity contribution < 1.29 is 0 Å². The van der Waals surface area contributed by atoms with E-state index in [0.717, 1.165) is 12.6 Å². The third-order valence-electron chi connectivity index (χ3n) is 4.82. The average molecular weight is 273 g/mol. The minimum atomic E-state index is 0.448. The zero-order valence-corrected chi connectivity index (χ0v) is 12.8. The number of hydrogen-bond donors (Lipinski definition) is 1. The van der Waals surface area contributed by atoms with Gasteiger partial charge in [-0.25, -0.2) is 0 Å². The molecule has 1 N–H and O–H groups in total. The highest BCUT2D eigenvalue weighted by molar-refractivity contribution is 5.29. The van der Waals surface area contributed by atoms with E-state index in [9.17, 15) is 0 Å². The van der Waals surface area contributed by atoms with Crippen LogP contribution in [0.25, 0.3) is 0 Å². The summed E-state index contributed by atoms with van der Waals surface area (Å²) in [6, 6.07) is 10.1. The molecule has 3 heteroatoms. The molecule has 1 saturated carbocycles. The molecule has 1 unspecified atom stereocenters. The molecule has 0 radical (unpaired) electrons. The Morgan fingerprint density at radius 3 is 2.45 bits per heavy atom. The maximum absolute atomic E-state index is 3.50. The Morgan fingerprint density at radius 1 is 1.15 bits per heavy atom. The van der Waals surface area contributed by atoms with Crippen molar-refractivity contribution in [2.45, 2.75) is 31.8 Å². The van der Waals surface area contributed by atoms with Gasteiger partial charge in [0.2, 0.25) is 0 Å². The Balaban J connectivity index is 1.57. The number of hydrogen-bond acceptors (Lipinski definition) is 3. The van der Waals surface area contributed by atoms with Gasteiger partial charge in [-0.1, -0.05) is 24.3 Å². The Kier molecular flexibility index (Phi) is 4.39. The van der Waals surface area contributed by atoms with Crippen LogP contribution in [-0.4, -0.2) is 55.6 Å². The standard InChI is InChI=1S/C17H27N3/c1-14-5-3-4-6-16(14)17(18-2)13-19-9-11-20(12-10-19)15-7-8-15/h3-6,15,17-18H,7-13H2,1-2H3. The average Bonchev–Trinajstić information content (AvgIpc) is 3.31. The number of nitrogens with one attached hydrogen (secondary N) is 1. The zero-order valence-electron chi connectivity index (χ0n) is 12.8. The molecule has 3 rings (SSSR count). The minimum Gasteiger partial charge on any atom is -0.312 e. The normalized spacial score (nSPS) is 22.9. The summed E-state index contributed by atoms with van der Waals surface area (Å²) in [5.74, 6) is 0. The van der Waals surface area contributed by atoms with Crippen LogP contribution >= 0.6 is 0 Å². The molecule has 1 aliphatic carbocycles. The van der Waals surface area contributed by atoms with Gasteiger partial charge in [0.05, 0.1) is 0 Å². The first kappa shape index (κ1) is 14.1. The molecule has 1 heterocycles. The fraction of sp³-hybridized carbons (Fsp3) is 0.647. The number of aryl methyl sites for hydroxylation is 1. The Labute approximate surface area is 123 Å². The maximum Gasteiger partial charge on any atom is 0.0449 e. The van der Waals surface area contributed by atoms with E-state index in [4.69, 9.17) is 0 Å². The summed E-state index contributed by atoms with van der Waals surface area (Å²) in [5, 5.41) is 3.50. The molecule has 1 aliphatic heterocycles. The first-order valence-corrected chi connectivity index (χ1v) is 7.97. The molecular formula is C17H27N3. The first-order chi connectivity index (χ1) is 9.78. The van der Waals surface area contributed by atoms with E-state index in [-0.39, 0.29) is 0 Å². The lowest BCUT2D eigenvalue weighted by Gasteiger charge is -2.36. The quantitative estimate of drug-likeness (QED) is 0.885. The monoisotopic (exact) mass is 273 g/mol. The fourth-order valence-corrected chi connectivity index (χ4v) is 3.33. The Hall–Kier alpha value is -0.900. The minimum absolute atomic E-state index is 0.448. The molecule has 1 aromatic rings. The molecule has 20 heavy (non-hydrogen) atoms. The van der Waals surface area contributed by atoms with Gasteiger partial charge in [0, 0.05) is 44.8 Å². The molecular weight excluding hydrogens is 246 g/mol. The van der Waals surface area contributed by atoms with Crippen LogP contribution in [-0.2, 0) is 0 Å². The van der Waals surface area contributed by atoms with Crippen molar-refractivity contribution in [3.63, 3.8) is 0 Å². The van der Waals surface area contributed by atoms with Crippen LogP contribution in [0.5, 0.6) is 0 Å². The second kappa shape index (κ2) is 6.25. The van der Waals surface area contributed by atoms with Crippen LogP contribution in [0.3, 0.4) is 0 Å². The molecule has 2 fully saturated rings. The first-order valence-electron chi connectivity index (χ1n) is 7.97. The molecule has 0 amide bonds. The smallest absolute Gasteiger partial charge is 0.0449 e. The van der Waals surface area contributed by atoms with E-state index in [1.165, 1.54) is 50.1 Å². The van der Waals surface area contributed by atoms with Crippen molar-refractivity contribution in [2.24, 2.45) is 0 Å². The summed E-state index contributed by atoms with van der Waals surface area (Å²) in [4.78, 5) is 5.30. The highest BCUT2D eigenvalue weighted by Crippen LogP contribution is 2.28. The molecule has 0 bridgehead atoms. The third kappa shape index (κ3) is 3.22. The summed E-state index contributed by atoms with van der Waals surface area (Å²) in [6.07, 6.45) is 2.87. The number of nitrogens with zero attached hydrogens (tertiary/aromatic N) is 2. The summed E-state index contributed by atoms with van der Waals surface area (Å²) in [6.45, 7) is 8.30. The van der Waals surface area contributed by atoms with Crippen LogP contribution in [0.4, 0.5) is 0 Å². The van der Waals surface area contributed by atoms with Crippen LogP contribution in [0.1, 0.15) is 30.0 Å². The topological polar surface area (TPSA) is 18.5 Å². The molecule has 2 aliphatic rings. The maximum atomic E-state index is 3.50. The van der Waals surface area contributed by atoms with Gasteiger partial charge in [-0.15, -0.1) is 0 Å². The SMILES string of the molecule is CNC(CN1CCN(C2CC2)CC1)c1ccccc1C. The van der Waals surface area contributed by atoms with Gasteiger partial charge in [0.1, 0.15) is 0 Å². The summed E-state index contributed by atoms with van der Waals surface area (Å²) >= 11 is 0. The lowest BCUT2D eigenvalue weighted by atomic mass is 10.0. The van der Waals surface area contributed by atoms with Crippen molar-refractivity contribution >= 4 is 0 Å². The van der Waals surface area contributed by atoms with Crippen LogP contribution in [0.2, 0.25) is 0 Å². The van der Waals surface area contributed by atoms with Crippen molar-refractivity contribution in [2.75, 3.05) is 39.8 Å². The van der Waals surface area contributed by atoms with Crippen molar-refractivity contribution in [1.82, 2.24) is 15.1 Å². The van der Waals surface area contributed by atoms with Gasteiger partial charge in [0.15, 0.2) is 0 Å². The van der Waals surface area contributed by atoms with Crippen LogP contribution in [0, 0.1) is 6.92 Å². The molecule has 1 atom stereocenters. The van der Waals surface area contributed by atoms with E-state index in [1.54, 1.807) is 0 Å². The van der Waals surface area contributed by atoms with E-state index in [2.05, 4.69) is 53.4 Å². The van der Waals surface area contributed by atoms with Crippen molar-refractivity contribution in [3.05, 3.63) is 35.4 Å². The molecule has 110 valence electrons. The van der Waals surface area contributed by atoms with Gasteiger partial charge in [-0.2, -0.15) is 0 Å². The van der Waals surface area contributed by atoms with E-state index < -0.39 is 0 Å². The second-order valence-corrected chi connectivity index (χ2v) is 6.27. The third-order valence-corrected chi connectivity index (χ3v) is 4.82. The highest BCUT2D eigenvalue weighted by Gasteiger charge is 2.31. The molecule has 0 aromatic heterocycles. The molecule has 1 saturated heterocycles. The van der Waals surface area contributed by atoms with Crippen molar-refractivity contribution in [1.29, 1.82) is 0 Å². The van der Waals surface area contributed by atoms with Crippen LogP contribution < -0.4 is 5.32 Å². The van der Waals surface area contributed by atoms with Crippen molar-refractivity contribution in [3.8, 4) is 0 Å². The van der Waals surface area contributed by atoms with Gasteiger partial charge in [0.25, 0.3) is 0 Å². The summed E-state index contributed by atoms with van der Waals surface area (Å²) < 4.78 is 0. The molecule has 0 spiro atoms. The van der Waals surface area contributed by atoms with E-state index in [1.807, 2.05) is 0 Å². The van der Waals surface area contributed by atoms with Crippen LogP contribution in [0.15, 0.2) is 24.3 Å². The second-order valence-electron chi connectivity index (χ2n) is 6.27. The summed E-state index contributed by atoms with van der Waals surface area (Å²) in [7, 11) is 2.08.